The van der Waals surface area contributed by atoms with E-state index in [1.165, 1.54) is 5.56 Å². The molecule has 11 heavy (non-hydrogen) atoms. The third-order valence-corrected chi connectivity index (χ3v) is 1.83. The molecule has 0 aliphatic carbocycles. The maximum Gasteiger partial charge on any atom is 0.0181 e. The minimum atomic E-state index is 0.965. The Labute approximate surface area is 81.2 Å². The minimum absolute atomic E-state index is 0.965. The predicted molar refractivity (Wildman–Crippen MR) is 56.6 cm³/mol. The van der Waals surface area contributed by atoms with Gasteiger partial charge in [0.2, 0.25) is 0 Å². The summed E-state index contributed by atoms with van der Waals surface area (Å²) >= 11 is 2.07. The fourth-order valence-electron chi connectivity index (χ4n) is 0.899. The molecule has 1 aromatic carbocycles. The summed E-state index contributed by atoms with van der Waals surface area (Å²) < 4.78 is 2.86. The summed E-state index contributed by atoms with van der Waals surface area (Å²) in [6.45, 7) is 0. The first-order valence-corrected chi connectivity index (χ1v) is 4.64. The van der Waals surface area contributed by atoms with Crippen molar-refractivity contribution in [2.75, 3.05) is 0 Å². The molecular formula is C10H9I. The van der Waals surface area contributed by atoms with E-state index in [0.29, 0.717) is 0 Å². The van der Waals surface area contributed by atoms with E-state index in [-0.39, 0.29) is 0 Å². The van der Waals surface area contributed by atoms with Crippen molar-refractivity contribution in [1.29, 1.82) is 0 Å². The number of aryl methyl sites for hydroxylation is 1. The van der Waals surface area contributed by atoms with E-state index in [1.807, 2.05) is 6.07 Å². The molecule has 0 heterocycles. The highest BCUT2D eigenvalue weighted by Crippen LogP contribution is 2.01. The molecule has 0 bridgehead atoms. The molecular weight excluding hydrogens is 247 g/mol. The number of hydrogen-bond donors (Lipinski definition) is 0. The lowest BCUT2D eigenvalue weighted by Gasteiger charge is -1.93. The van der Waals surface area contributed by atoms with Gasteiger partial charge >= 0.3 is 0 Å². The number of rotatable bonds is 2. The molecule has 0 unspecified atom stereocenters. The molecule has 0 amide bonds. The van der Waals surface area contributed by atoms with Gasteiger partial charge in [-0.3, -0.25) is 0 Å². The van der Waals surface area contributed by atoms with Crippen LogP contribution in [0.5, 0.6) is 0 Å². The Hall–Kier alpha value is -0.490. The first kappa shape index (κ1) is 8.61. The SMILES string of the molecule is IC#CCCc1ccccc1. The quantitative estimate of drug-likeness (QED) is 0.563. The molecule has 1 rings (SSSR count). The van der Waals surface area contributed by atoms with Gasteiger partial charge in [0, 0.05) is 29.0 Å². The lowest BCUT2D eigenvalue weighted by molar-refractivity contribution is 1.03. The van der Waals surface area contributed by atoms with Crippen LogP contribution in [0.1, 0.15) is 12.0 Å². The fraction of sp³-hybridized carbons (Fsp3) is 0.200. The lowest BCUT2D eigenvalue weighted by atomic mass is 10.1. The smallest absolute Gasteiger partial charge is 0.0181 e. The summed E-state index contributed by atoms with van der Waals surface area (Å²) in [6.07, 6.45) is 2.03. The Morgan fingerprint density at radius 2 is 1.91 bits per heavy atom. The van der Waals surface area contributed by atoms with E-state index in [2.05, 4.69) is 56.7 Å². The van der Waals surface area contributed by atoms with E-state index in [4.69, 9.17) is 0 Å². The Bertz CT molecular complexity index is 253. The van der Waals surface area contributed by atoms with Gasteiger partial charge in [-0.15, -0.1) is 0 Å². The first-order valence-electron chi connectivity index (χ1n) is 3.56. The molecule has 0 fully saturated rings. The summed E-state index contributed by atoms with van der Waals surface area (Å²) in [4.78, 5) is 0. The van der Waals surface area contributed by atoms with Crippen LogP contribution in [0.15, 0.2) is 30.3 Å². The molecule has 0 atom stereocenters. The predicted octanol–water partition coefficient (Wildman–Crippen LogP) is 3.02. The van der Waals surface area contributed by atoms with Crippen molar-refractivity contribution in [1.82, 2.24) is 0 Å². The summed E-state index contributed by atoms with van der Waals surface area (Å²) in [5.74, 6) is 3.03. The number of benzene rings is 1. The first-order chi connectivity index (χ1) is 5.43. The molecule has 0 nitrogen and oxygen atoms in total. The van der Waals surface area contributed by atoms with Gasteiger partial charge in [0.05, 0.1) is 0 Å². The summed E-state index contributed by atoms with van der Waals surface area (Å²) in [5, 5.41) is 0. The average molecular weight is 256 g/mol. The largest absolute Gasteiger partial charge is 0.0915 e. The molecule has 56 valence electrons. The molecule has 0 aliphatic heterocycles. The van der Waals surface area contributed by atoms with Crippen molar-refractivity contribution in [3.8, 4) is 9.85 Å². The van der Waals surface area contributed by atoms with Crippen molar-refractivity contribution in [2.45, 2.75) is 12.8 Å². The van der Waals surface area contributed by atoms with E-state index in [0.717, 1.165) is 12.8 Å². The number of hydrogen-bond acceptors (Lipinski definition) is 0. The zero-order chi connectivity index (χ0) is 7.94. The van der Waals surface area contributed by atoms with E-state index < -0.39 is 0 Å². The molecule has 1 aromatic rings. The monoisotopic (exact) mass is 256 g/mol. The van der Waals surface area contributed by atoms with Crippen LogP contribution in [0.25, 0.3) is 0 Å². The molecule has 0 saturated heterocycles. The van der Waals surface area contributed by atoms with Gasteiger partial charge < -0.3 is 0 Å². The van der Waals surface area contributed by atoms with Gasteiger partial charge in [0.1, 0.15) is 0 Å². The van der Waals surface area contributed by atoms with Crippen molar-refractivity contribution >= 4 is 22.6 Å². The van der Waals surface area contributed by atoms with Crippen LogP contribution in [0.2, 0.25) is 0 Å². The van der Waals surface area contributed by atoms with Crippen LogP contribution in [-0.4, -0.2) is 0 Å². The summed E-state index contributed by atoms with van der Waals surface area (Å²) in [5.41, 5.74) is 1.37. The van der Waals surface area contributed by atoms with E-state index in [1.54, 1.807) is 0 Å². The normalized spacial score (nSPS) is 8.45. The van der Waals surface area contributed by atoms with E-state index in [9.17, 15) is 0 Å². The molecule has 0 spiro atoms. The second kappa shape index (κ2) is 5.20. The molecule has 0 N–H and O–H groups in total. The van der Waals surface area contributed by atoms with Crippen LogP contribution in [0.3, 0.4) is 0 Å². The summed E-state index contributed by atoms with van der Waals surface area (Å²) in [7, 11) is 0. The Balaban J connectivity index is 2.43. The van der Waals surface area contributed by atoms with Gasteiger partial charge in [0.25, 0.3) is 0 Å². The highest BCUT2D eigenvalue weighted by molar-refractivity contribution is 14.1. The third-order valence-electron chi connectivity index (χ3n) is 1.45. The van der Waals surface area contributed by atoms with E-state index >= 15 is 0 Å². The van der Waals surface area contributed by atoms with Crippen LogP contribution in [0, 0.1) is 9.85 Å². The zero-order valence-electron chi connectivity index (χ0n) is 6.18. The minimum Gasteiger partial charge on any atom is -0.0915 e. The molecule has 0 aromatic heterocycles. The molecule has 0 aliphatic rings. The second-order valence-electron chi connectivity index (χ2n) is 2.26. The van der Waals surface area contributed by atoms with Crippen LogP contribution >= 0.6 is 22.6 Å². The third kappa shape index (κ3) is 3.43. The van der Waals surface area contributed by atoms with Gasteiger partial charge in [0.15, 0.2) is 0 Å². The number of halogens is 1. The van der Waals surface area contributed by atoms with Crippen molar-refractivity contribution in [3.63, 3.8) is 0 Å². The molecule has 1 heteroatoms. The second-order valence-corrected chi connectivity index (χ2v) is 2.80. The lowest BCUT2D eigenvalue weighted by Crippen LogP contribution is -1.80. The maximum absolute atomic E-state index is 3.03. The fourth-order valence-corrected chi connectivity index (χ4v) is 1.17. The van der Waals surface area contributed by atoms with Crippen molar-refractivity contribution in [3.05, 3.63) is 35.9 Å². The maximum atomic E-state index is 3.03. The van der Waals surface area contributed by atoms with Crippen LogP contribution < -0.4 is 0 Å². The van der Waals surface area contributed by atoms with Crippen LogP contribution in [0.4, 0.5) is 0 Å². The average Bonchev–Trinajstić information content (AvgIpc) is 2.07. The Morgan fingerprint density at radius 3 is 2.55 bits per heavy atom. The zero-order valence-corrected chi connectivity index (χ0v) is 8.34. The van der Waals surface area contributed by atoms with Gasteiger partial charge in [-0.25, -0.2) is 0 Å². The van der Waals surface area contributed by atoms with Gasteiger partial charge in [-0.05, 0) is 15.9 Å². The standard InChI is InChI=1S/C10H9I/c11-9-5-4-8-10-6-2-1-3-7-10/h1-3,6-7H,4,8H2. The Kier molecular flexibility index (Phi) is 4.07. The highest BCUT2D eigenvalue weighted by atomic mass is 127. The van der Waals surface area contributed by atoms with Crippen LogP contribution in [-0.2, 0) is 6.42 Å². The summed E-state index contributed by atoms with van der Waals surface area (Å²) in [6, 6.07) is 10.4. The van der Waals surface area contributed by atoms with Crippen molar-refractivity contribution in [2.24, 2.45) is 0 Å². The highest BCUT2D eigenvalue weighted by Gasteiger charge is 1.86. The van der Waals surface area contributed by atoms with Crippen molar-refractivity contribution < 1.29 is 0 Å². The van der Waals surface area contributed by atoms with Gasteiger partial charge in [-0.1, -0.05) is 36.3 Å². The Morgan fingerprint density at radius 1 is 1.18 bits per heavy atom. The molecule has 0 saturated carbocycles. The topological polar surface area (TPSA) is 0 Å². The van der Waals surface area contributed by atoms with Gasteiger partial charge in [-0.2, -0.15) is 0 Å². The molecule has 0 radical (unpaired) electrons.